The van der Waals surface area contributed by atoms with Gasteiger partial charge in [-0.3, -0.25) is 14.4 Å². The second-order valence-electron chi connectivity index (χ2n) is 24.9. The molecule has 24 nitrogen and oxygen atoms in total. The van der Waals surface area contributed by atoms with Gasteiger partial charge in [-0.1, -0.05) is 137 Å². The summed E-state index contributed by atoms with van der Waals surface area (Å²) in [5, 5.41) is 91.8. The first-order valence-corrected chi connectivity index (χ1v) is 32.7. The lowest BCUT2D eigenvalue weighted by Gasteiger charge is -2.51. The third-order valence-corrected chi connectivity index (χ3v) is 17.8. The molecule has 6 saturated heterocycles. The molecule has 0 aromatic rings. The SMILES string of the molecule is CCCCCCCCCCCC(=O)O[C@H]1[C@H](O[C@@H]2[C@H]3OC(=O)CCCCCCCCC[C@H](CCCCC)O[C@@H]4OC[C@@H](O)[C@H](O[C@H](O[C@H]2C)[C@@H]3O)[C@H]4O)O[C@@H](C)[C@H](O[C@@H]2O[C@@H](C)[C@H](OC(=O)[C@@H](C)CC)[C@@H](O)[C@H]2O)[C@H]1O[C@@H]1O[C@@H](C)[C@H](O)[C@@H](O)[C@H]1O. The average molecular weight is 1240 g/mol. The fourth-order valence-electron chi connectivity index (χ4n) is 12.1. The highest BCUT2D eigenvalue weighted by molar-refractivity contribution is 5.72. The molecule has 500 valence electrons. The topological polar surface area (TPSA) is 333 Å². The molecular weight excluding hydrogens is 1130 g/mol. The van der Waals surface area contributed by atoms with Crippen LogP contribution in [0.1, 0.15) is 209 Å². The standard InChI is InChI=1S/C62H108O24/c1-9-12-14-15-16-17-20-23-28-32-42(65)81-56-55(86-59-46(69)44(67)43(66)35(5)75-59)52(83-60-47(70)45(68)50(36(6)76-60)82-57(73)34(4)11-3)38(8)78-62(56)84-51-37(7)77-61-49(72)54(51)80-41(64)31-27-24-21-18-19-22-26-30-39(29-25-13-10-2)79-58-48(71)53(85-61)40(63)33-74-58/h34-40,43-56,58-63,66-72H,9-33H2,1-8H3/t34-,35-,36-,37-,38-,39-,40+,43-,44+,45-,46+,47+,48+,49+,50-,51-,52-,53-,54-,55+,56+,58-,59-,60-,61-,62-/m0/s1. The lowest BCUT2D eigenvalue weighted by atomic mass is 9.95. The smallest absolute Gasteiger partial charge is 0.309 e. The summed E-state index contributed by atoms with van der Waals surface area (Å²) in [6, 6.07) is 0. The summed E-state index contributed by atoms with van der Waals surface area (Å²) in [6.45, 7) is 13.5. The number of ether oxygens (including phenoxy) is 13. The Morgan fingerprint density at radius 2 is 1.05 bits per heavy atom. The van der Waals surface area contributed by atoms with Crippen LogP contribution in [0.15, 0.2) is 0 Å². The Bertz CT molecular complexity index is 1960. The Morgan fingerprint density at radius 3 is 1.72 bits per heavy atom. The molecule has 0 aromatic carbocycles. The summed E-state index contributed by atoms with van der Waals surface area (Å²) in [7, 11) is 0. The van der Waals surface area contributed by atoms with E-state index in [1.807, 2.05) is 0 Å². The Balaban J connectivity index is 1.33. The predicted molar refractivity (Wildman–Crippen MR) is 306 cm³/mol. The lowest BCUT2D eigenvalue weighted by Crippen LogP contribution is -2.68. The predicted octanol–water partition coefficient (Wildman–Crippen LogP) is 4.94. The van der Waals surface area contributed by atoms with Crippen molar-refractivity contribution in [2.24, 2.45) is 5.92 Å². The summed E-state index contributed by atoms with van der Waals surface area (Å²) in [5.41, 5.74) is 0. The molecule has 0 amide bonds. The number of hydrogen-bond acceptors (Lipinski definition) is 24. The summed E-state index contributed by atoms with van der Waals surface area (Å²) in [4.78, 5) is 41.2. The van der Waals surface area contributed by atoms with Crippen molar-refractivity contribution in [2.75, 3.05) is 6.61 Å². The average Bonchev–Trinajstić information content (AvgIpc) is 1.11. The zero-order valence-electron chi connectivity index (χ0n) is 52.3. The van der Waals surface area contributed by atoms with E-state index in [1.165, 1.54) is 27.2 Å². The van der Waals surface area contributed by atoms with Gasteiger partial charge in [0.2, 0.25) is 0 Å². The van der Waals surface area contributed by atoms with Gasteiger partial charge in [-0.15, -0.1) is 0 Å². The fraction of sp³-hybridized carbons (Fsp3) is 0.952. The van der Waals surface area contributed by atoms with Crippen LogP contribution in [0, 0.1) is 5.92 Å². The first-order valence-electron chi connectivity index (χ1n) is 32.7. The Kier molecular flexibility index (Phi) is 31.0. The van der Waals surface area contributed by atoms with Crippen molar-refractivity contribution in [1.29, 1.82) is 0 Å². The summed E-state index contributed by atoms with van der Waals surface area (Å²) in [5.74, 6) is -2.57. The van der Waals surface area contributed by atoms with Gasteiger partial charge in [0.1, 0.15) is 73.2 Å². The Hall–Kier alpha value is -2.31. The summed E-state index contributed by atoms with van der Waals surface area (Å²) < 4.78 is 81.5. The van der Waals surface area contributed by atoms with Crippen molar-refractivity contribution in [1.82, 2.24) is 0 Å². The normalized spacial score (nSPS) is 41.1. The van der Waals surface area contributed by atoms with Crippen LogP contribution in [0.5, 0.6) is 0 Å². The zero-order valence-corrected chi connectivity index (χ0v) is 52.3. The molecule has 24 heteroatoms. The fourth-order valence-corrected chi connectivity index (χ4v) is 12.1. The molecule has 0 aromatic heterocycles. The number of carbonyl (C=O) groups excluding carboxylic acids is 3. The highest BCUT2D eigenvalue weighted by Gasteiger charge is 2.58. The second kappa shape index (κ2) is 36.7. The molecule has 86 heavy (non-hydrogen) atoms. The van der Waals surface area contributed by atoms with E-state index < -0.39 is 171 Å². The molecule has 4 bridgehead atoms. The van der Waals surface area contributed by atoms with E-state index in [-0.39, 0.29) is 25.6 Å². The molecule has 8 N–H and O–H groups in total. The number of unbranched alkanes of at least 4 members (excludes halogenated alkanes) is 10. The van der Waals surface area contributed by atoms with Crippen molar-refractivity contribution in [2.45, 2.75) is 363 Å². The van der Waals surface area contributed by atoms with Crippen LogP contribution in [0.25, 0.3) is 0 Å². The second-order valence-corrected chi connectivity index (χ2v) is 24.9. The molecule has 0 saturated carbocycles. The van der Waals surface area contributed by atoms with Gasteiger partial charge in [-0.05, 0) is 59.8 Å². The van der Waals surface area contributed by atoms with Gasteiger partial charge >= 0.3 is 17.9 Å². The summed E-state index contributed by atoms with van der Waals surface area (Å²) in [6.07, 6.45) is -17.8. The minimum absolute atomic E-state index is 0.0241. The first kappa shape index (κ1) is 72.7. The maximum absolute atomic E-state index is 14.3. The van der Waals surface area contributed by atoms with Crippen molar-refractivity contribution in [3.63, 3.8) is 0 Å². The maximum Gasteiger partial charge on any atom is 0.309 e. The van der Waals surface area contributed by atoms with Crippen LogP contribution in [0.4, 0.5) is 0 Å². The molecule has 0 spiro atoms. The molecule has 26 atom stereocenters. The minimum atomic E-state index is -1.90. The minimum Gasteiger partial charge on any atom is -0.457 e. The van der Waals surface area contributed by atoms with Crippen LogP contribution >= 0.6 is 0 Å². The maximum atomic E-state index is 14.3. The quantitative estimate of drug-likeness (QED) is 0.0360. The third kappa shape index (κ3) is 20.6. The highest BCUT2D eigenvalue weighted by Crippen LogP contribution is 2.39. The molecule has 0 radical (unpaired) electrons. The van der Waals surface area contributed by atoms with E-state index in [4.69, 9.17) is 61.6 Å². The molecule has 6 fully saturated rings. The van der Waals surface area contributed by atoms with Gasteiger partial charge in [-0.25, -0.2) is 0 Å². The van der Waals surface area contributed by atoms with E-state index in [0.29, 0.717) is 25.7 Å². The van der Waals surface area contributed by atoms with Crippen molar-refractivity contribution < 1.29 is 117 Å². The van der Waals surface area contributed by atoms with Crippen molar-refractivity contribution in [3.05, 3.63) is 0 Å². The Morgan fingerprint density at radius 1 is 0.500 bits per heavy atom. The van der Waals surface area contributed by atoms with Crippen LogP contribution in [-0.2, 0) is 76.0 Å². The molecule has 6 aliphatic rings. The molecule has 0 unspecified atom stereocenters. The monoisotopic (exact) mass is 1240 g/mol. The number of carbonyl (C=O) groups is 3. The number of fused-ring (bicyclic) bond motifs is 4. The van der Waals surface area contributed by atoms with Crippen molar-refractivity contribution in [3.8, 4) is 0 Å². The van der Waals surface area contributed by atoms with Gasteiger partial charge in [0.05, 0.1) is 43.0 Å². The first-order chi connectivity index (χ1) is 41.2. The van der Waals surface area contributed by atoms with Crippen LogP contribution in [0.3, 0.4) is 0 Å². The van der Waals surface area contributed by atoms with E-state index in [1.54, 1.807) is 20.8 Å². The molecule has 6 rings (SSSR count). The Labute approximate surface area is 508 Å². The molecule has 0 aliphatic carbocycles. The van der Waals surface area contributed by atoms with Gasteiger partial charge < -0.3 is 102 Å². The van der Waals surface area contributed by atoms with Gasteiger partial charge in [0.15, 0.2) is 49.8 Å². The molecular formula is C62H108O24. The van der Waals surface area contributed by atoms with Crippen LogP contribution < -0.4 is 0 Å². The van der Waals surface area contributed by atoms with Crippen LogP contribution in [0.2, 0.25) is 0 Å². The zero-order chi connectivity index (χ0) is 62.6. The molecule has 6 heterocycles. The lowest BCUT2D eigenvalue weighted by molar-refractivity contribution is -0.397. The number of aliphatic hydroxyl groups excluding tert-OH is 8. The largest absolute Gasteiger partial charge is 0.457 e. The number of hydrogen-bond donors (Lipinski definition) is 8. The van der Waals surface area contributed by atoms with Gasteiger partial charge in [-0.2, -0.15) is 0 Å². The van der Waals surface area contributed by atoms with Crippen molar-refractivity contribution >= 4 is 17.9 Å². The van der Waals surface area contributed by atoms with Gasteiger partial charge in [0.25, 0.3) is 0 Å². The van der Waals surface area contributed by atoms with E-state index in [2.05, 4.69) is 13.8 Å². The highest BCUT2D eigenvalue weighted by atomic mass is 16.8. The van der Waals surface area contributed by atoms with Crippen LogP contribution in [-0.4, -0.2) is 219 Å². The van der Waals surface area contributed by atoms with E-state index in [0.717, 1.165) is 109 Å². The third-order valence-electron chi connectivity index (χ3n) is 17.8. The number of rotatable bonds is 24. The molecule has 6 aliphatic heterocycles. The summed E-state index contributed by atoms with van der Waals surface area (Å²) >= 11 is 0. The van der Waals surface area contributed by atoms with E-state index in [9.17, 15) is 55.2 Å². The van der Waals surface area contributed by atoms with E-state index >= 15 is 0 Å². The number of esters is 3. The van der Waals surface area contributed by atoms with Gasteiger partial charge in [0, 0.05) is 12.8 Å². The number of aliphatic hydroxyl groups is 8.